The Morgan fingerprint density at radius 1 is 1.12 bits per heavy atom. The Morgan fingerprint density at radius 3 is 2.08 bits per heavy atom. The van der Waals surface area contributed by atoms with E-state index in [1.807, 2.05) is 0 Å². The van der Waals surface area contributed by atoms with Gasteiger partial charge in [-0.25, -0.2) is 4.79 Å². The molecule has 8 nitrogen and oxygen atoms in total. The number of nitrogens with zero attached hydrogens (tertiary/aromatic N) is 1. The van der Waals surface area contributed by atoms with Crippen molar-refractivity contribution in [1.29, 1.82) is 0 Å². The van der Waals surface area contributed by atoms with Crippen LogP contribution in [0.2, 0.25) is 0 Å². The molecule has 144 valence electrons. The van der Waals surface area contributed by atoms with Gasteiger partial charge in [0.2, 0.25) is 5.54 Å². The number of carbonyl (C=O) groups excluding carboxylic acids is 1. The summed E-state index contributed by atoms with van der Waals surface area (Å²) in [6, 6.07) is 6.65. The fourth-order valence-electron chi connectivity index (χ4n) is 2.69. The van der Waals surface area contributed by atoms with Crippen molar-refractivity contribution in [2.45, 2.75) is 18.0 Å². The van der Waals surface area contributed by atoms with Crippen LogP contribution in [0, 0.1) is 0 Å². The molecule has 0 aromatic heterocycles. The molecule has 5 N–H and O–H groups in total. The topological polar surface area (TPSA) is 133 Å². The van der Waals surface area contributed by atoms with Gasteiger partial charge in [-0.15, -0.1) is 23.2 Å². The van der Waals surface area contributed by atoms with Crippen LogP contribution < -0.4 is 11.1 Å². The van der Waals surface area contributed by atoms with Crippen LogP contribution in [-0.4, -0.2) is 69.4 Å². The van der Waals surface area contributed by atoms with Gasteiger partial charge in [0.15, 0.2) is 0 Å². The lowest BCUT2D eigenvalue weighted by Crippen LogP contribution is -2.71. The Kier molecular flexibility index (Phi) is 8.80. The molecule has 0 spiro atoms. The number of aliphatic carboxylic acids is 2. The highest BCUT2D eigenvalue weighted by Crippen LogP contribution is 2.25. The molecule has 0 heterocycles. The number of carboxylic acid groups (broad SMARTS) is 2. The second-order valence-electron chi connectivity index (χ2n) is 5.46. The number of anilines is 1. The van der Waals surface area contributed by atoms with Gasteiger partial charge >= 0.3 is 11.9 Å². The van der Waals surface area contributed by atoms with Crippen LogP contribution in [-0.2, 0) is 14.4 Å². The molecule has 0 aliphatic heterocycles. The van der Waals surface area contributed by atoms with E-state index in [2.05, 4.69) is 5.32 Å². The van der Waals surface area contributed by atoms with Crippen LogP contribution in [0.4, 0.5) is 5.69 Å². The maximum absolute atomic E-state index is 13.0. The Bertz CT molecular complexity index is 626. The number of rotatable bonds is 11. The summed E-state index contributed by atoms with van der Waals surface area (Å²) < 4.78 is 0. The third-order valence-electron chi connectivity index (χ3n) is 3.84. The zero-order chi connectivity index (χ0) is 19.7. The van der Waals surface area contributed by atoms with Crippen molar-refractivity contribution in [3.63, 3.8) is 0 Å². The third-order valence-corrected chi connectivity index (χ3v) is 4.18. The molecular weight excluding hydrogens is 385 g/mol. The van der Waals surface area contributed by atoms with E-state index in [1.165, 1.54) is 4.90 Å². The average Bonchev–Trinajstić information content (AvgIpc) is 2.55. The summed E-state index contributed by atoms with van der Waals surface area (Å²) >= 11 is 11.5. The Hall–Kier alpha value is -1.87. The summed E-state index contributed by atoms with van der Waals surface area (Å²) in [5.41, 5.74) is 3.92. The number of amides is 1. The second kappa shape index (κ2) is 10.3. The molecule has 1 unspecified atom stereocenters. The monoisotopic (exact) mass is 405 g/mol. The zero-order valence-corrected chi connectivity index (χ0v) is 15.4. The molecule has 10 heteroatoms. The van der Waals surface area contributed by atoms with Gasteiger partial charge in [-0.2, -0.15) is 0 Å². The first-order valence-electron chi connectivity index (χ1n) is 7.74. The molecule has 1 rings (SSSR count). The number of carboxylic acids is 2. The zero-order valence-electron chi connectivity index (χ0n) is 13.9. The van der Waals surface area contributed by atoms with Crippen molar-refractivity contribution in [3.05, 3.63) is 30.3 Å². The fraction of sp³-hybridized carbons (Fsp3) is 0.438. The van der Waals surface area contributed by atoms with Crippen LogP contribution in [0.25, 0.3) is 0 Å². The van der Waals surface area contributed by atoms with Crippen LogP contribution in [0.1, 0.15) is 6.42 Å². The van der Waals surface area contributed by atoms with E-state index >= 15 is 0 Å². The molecule has 0 bridgehead atoms. The SMILES string of the molecule is NC(CC(=O)O)[C@](C(=O)O)(C(=O)Nc1ccccc1)N(CCCl)CCCl. The highest BCUT2D eigenvalue weighted by Gasteiger charge is 2.56. The van der Waals surface area contributed by atoms with Gasteiger partial charge in [-0.3, -0.25) is 14.5 Å². The number of nitrogens with one attached hydrogen (secondary N) is 1. The fourth-order valence-corrected chi connectivity index (χ4v) is 3.10. The number of benzene rings is 1. The molecule has 0 radical (unpaired) electrons. The second-order valence-corrected chi connectivity index (χ2v) is 6.22. The number of hydrogen-bond acceptors (Lipinski definition) is 5. The maximum Gasteiger partial charge on any atom is 0.335 e. The van der Waals surface area contributed by atoms with E-state index in [0.29, 0.717) is 5.69 Å². The molecule has 2 atom stereocenters. The smallest absolute Gasteiger partial charge is 0.335 e. The van der Waals surface area contributed by atoms with Gasteiger partial charge in [0.1, 0.15) is 0 Å². The molecule has 0 fully saturated rings. The summed E-state index contributed by atoms with van der Waals surface area (Å²) in [6.07, 6.45) is -0.727. The van der Waals surface area contributed by atoms with Gasteiger partial charge < -0.3 is 21.3 Å². The average molecular weight is 406 g/mol. The van der Waals surface area contributed by atoms with Crippen LogP contribution >= 0.6 is 23.2 Å². The molecular formula is C16H21Cl2N3O5. The molecule has 1 aromatic carbocycles. The number of hydrogen-bond donors (Lipinski definition) is 4. The van der Waals surface area contributed by atoms with E-state index in [9.17, 15) is 19.5 Å². The molecule has 26 heavy (non-hydrogen) atoms. The number of nitrogens with two attached hydrogens (primary N) is 1. The number of alkyl halides is 2. The minimum atomic E-state index is -2.35. The van der Waals surface area contributed by atoms with Crippen molar-refractivity contribution in [3.8, 4) is 0 Å². The van der Waals surface area contributed by atoms with Crippen molar-refractivity contribution in [2.75, 3.05) is 30.2 Å². The Balaban J connectivity index is 3.41. The summed E-state index contributed by atoms with van der Waals surface area (Å²) in [5.74, 6) is -3.85. The normalized spacial score (nSPS) is 14.5. The van der Waals surface area contributed by atoms with Crippen LogP contribution in [0.5, 0.6) is 0 Å². The van der Waals surface area contributed by atoms with Gasteiger partial charge in [0, 0.05) is 30.5 Å². The van der Waals surface area contributed by atoms with Gasteiger partial charge in [0.05, 0.1) is 12.5 Å². The van der Waals surface area contributed by atoms with Crippen molar-refractivity contribution < 1.29 is 24.6 Å². The molecule has 0 aliphatic rings. The number of halogens is 2. The molecule has 0 aliphatic carbocycles. The first kappa shape index (κ1) is 22.2. The Morgan fingerprint density at radius 2 is 1.65 bits per heavy atom. The first-order chi connectivity index (χ1) is 12.3. The summed E-state index contributed by atoms with van der Waals surface area (Å²) in [5, 5.41) is 21.5. The largest absolute Gasteiger partial charge is 0.481 e. The first-order valence-corrected chi connectivity index (χ1v) is 8.81. The summed E-state index contributed by atoms with van der Waals surface area (Å²) in [7, 11) is 0. The maximum atomic E-state index is 13.0. The lowest BCUT2D eigenvalue weighted by molar-refractivity contribution is -0.159. The van der Waals surface area contributed by atoms with E-state index in [0.717, 1.165) is 0 Å². The molecule has 0 saturated heterocycles. The predicted octanol–water partition coefficient (Wildman–Crippen LogP) is 1.03. The molecule has 0 saturated carbocycles. The third kappa shape index (κ3) is 5.07. The van der Waals surface area contributed by atoms with Crippen LogP contribution in [0.3, 0.4) is 0 Å². The van der Waals surface area contributed by atoms with E-state index < -0.39 is 35.8 Å². The van der Waals surface area contributed by atoms with Crippen molar-refractivity contribution >= 4 is 46.7 Å². The molecule has 1 amide bonds. The van der Waals surface area contributed by atoms with Gasteiger partial charge in [-0.1, -0.05) is 18.2 Å². The summed E-state index contributed by atoms with van der Waals surface area (Å²) in [4.78, 5) is 37.5. The van der Waals surface area contributed by atoms with Gasteiger partial charge in [-0.05, 0) is 12.1 Å². The number of para-hydroxylation sites is 1. The predicted molar refractivity (Wildman–Crippen MR) is 98.7 cm³/mol. The lowest BCUT2D eigenvalue weighted by Gasteiger charge is -2.42. The standard InChI is InChI=1S/C16H21Cl2N3O5/c17-6-8-21(9-7-18)16(15(25)26,12(19)10-13(22)23)14(24)20-11-4-2-1-3-5-11/h1-5,12H,6-10,19H2,(H,20,24)(H,22,23)(H,25,26)/t12?,16-/m1/s1. The highest BCUT2D eigenvalue weighted by atomic mass is 35.5. The minimum Gasteiger partial charge on any atom is -0.481 e. The van der Waals surface area contributed by atoms with E-state index in [-0.39, 0.29) is 24.8 Å². The lowest BCUT2D eigenvalue weighted by atomic mass is 9.84. The quantitative estimate of drug-likeness (QED) is 0.319. The minimum absolute atomic E-state index is 0.00429. The Labute approximate surface area is 160 Å². The van der Waals surface area contributed by atoms with E-state index in [4.69, 9.17) is 34.0 Å². The summed E-state index contributed by atoms with van der Waals surface area (Å²) in [6.45, 7) is -0.0355. The highest BCUT2D eigenvalue weighted by molar-refractivity contribution is 6.19. The van der Waals surface area contributed by atoms with Gasteiger partial charge in [0.25, 0.3) is 5.91 Å². The van der Waals surface area contributed by atoms with Crippen molar-refractivity contribution in [1.82, 2.24) is 4.90 Å². The van der Waals surface area contributed by atoms with Crippen LogP contribution in [0.15, 0.2) is 30.3 Å². The molecule has 1 aromatic rings. The van der Waals surface area contributed by atoms with E-state index in [1.54, 1.807) is 30.3 Å². The van der Waals surface area contributed by atoms with Crippen molar-refractivity contribution in [2.24, 2.45) is 5.73 Å². The number of carbonyl (C=O) groups is 3.